The quantitative estimate of drug-likeness (QED) is 0.881. The van der Waals surface area contributed by atoms with Crippen molar-refractivity contribution in [3.63, 3.8) is 0 Å². The second-order valence-corrected chi connectivity index (χ2v) is 5.11. The highest BCUT2D eigenvalue weighted by Crippen LogP contribution is 2.17. The first-order valence-corrected chi connectivity index (χ1v) is 7.30. The maximum Gasteiger partial charge on any atom is 0.261 e. The van der Waals surface area contributed by atoms with Gasteiger partial charge in [-0.05, 0) is 36.2 Å². The van der Waals surface area contributed by atoms with E-state index < -0.39 is 6.10 Å². The lowest BCUT2D eigenvalue weighted by Crippen LogP contribution is -2.37. The van der Waals surface area contributed by atoms with Crippen molar-refractivity contribution in [3.8, 4) is 5.75 Å². The van der Waals surface area contributed by atoms with Crippen molar-refractivity contribution < 1.29 is 9.53 Å². The summed E-state index contributed by atoms with van der Waals surface area (Å²) >= 11 is 5.83. The minimum Gasteiger partial charge on any atom is -0.481 e. The van der Waals surface area contributed by atoms with Gasteiger partial charge in [0.25, 0.3) is 5.91 Å². The van der Waals surface area contributed by atoms with Crippen LogP contribution in [0.3, 0.4) is 0 Å². The molecule has 0 saturated heterocycles. The molecule has 4 heteroatoms. The van der Waals surface area contributed by atoms with Gasteiger partial charge in [-0.3, -0.25) is 4.79 Å². The lowest BCUT2D eigenvalue weighted by atomic mass is 10.2. The Morgan fingerprint density at radius 3 is 2.43 bits per heavy atom. The summed E-state index contributed by atoms with van der Waals surface area (Å²) in [6, 6.07) is 16.8. The number of nitrogens with one attached hydrogen (secondary N) is 1. The molecule has 0 fully saturated rings. The molecular formula is C17H18ClNO2. The fourth-order valence-electron chi connectivity index (χ4n) is 1.90. The van der Waals surface area contributed by atoms with Gasteiger partial charge in [-0.15, -0.1) is 0 Å². The van der Waals surface area contributed by atoms with Crippen LogP contribution in [0.15, 0.2) is 54.6 Å². The zero-order valence-electron chi connectivity index (χ0n) is 11.9. The van der Waals surface area contributed by atoms with E-state index in [-0.39, 0.29) is 5.91 Å². The Morgan fingerprint density at radius 2 is 1.81 bits per heavy atom. The monoisotopic (exact) mass is 303 g/mol. The highest BCUT2D eigenvalue weighted by atomic mass is 35.5. The standard InChI is InChI=1S/C17H18ClNO2/c1-2-16(21-15-10-8-14(18)9-11-15)17(20)19-12-13-6-4-3-5-7-13/h3-11,16H,2,12H2,1H3,(H,19,20). The molecule has 1 atom stereocenters. The summed E-state index contributed by atoms with van der Waals surface area (Å²) in [5, 5.41) is 3.53. The van der Waals surface area contributed by atoms with Gasteiger partial charge < -0.3 is 10.1 Å². The largest absolute Gasteiger partial charge is 0.481 e. The Labute approximate surface area is 129 Å². The van der Waals surface area contributed by atoms with E-state index in [9.17, 15) is 4.79 Å². The van der Waals surface area contributed by atoms with Gasteiger partial charge in [-0.25, -0.2) is 0 Å². The van der Waals surface area contributed by atoms with E-state index in [0.29, 0.717) is 23.7 Å². The van der Waals surface area contributed by atoms with Crippen LogP contribution >= 0.6 is 11.6 Å². The van der Waals surface area contributed by atoms with Gasteiger partial charge in [0.05, 0.1) is 0 Å². The molecule has 2 aromatic carbocycles. The lowest BCUT2D eigenvalue weighted by Gasteiger charge is -2.17. The lowest BCUT2D eigenvalue weighted by molar-refractivity contribution is -0.128. The second-order valence-electron chi connectivity index (χ2n) is 4.67. The third-order valence-electron chi connectivity index (χ3n) is 3.06. The van der Waals surface area contributed by atoms with Gasteiger partial charge in [0.15, 0.2) is 6.10 Å². The molecule has 0 aromatic heterocycles. The maximum atomic E-state index is 12.2. The molecule has 0 radical (unpaired) electrons. The fraction of sp³-hybridized carbons (Fsp3) is 0.235. The number of halogens is 1. The molecule has 0 aliphatic carbocycles. The van der Waals surface area contributed by atoms with Crippen LogP contribution in [0.1, 0.15) is 18.9 Å². The molecular weight excluding hydrogens is 286 g/mol. The van der Waals surface area contributed by atoms with Crippen molar-refractivity contribution in [2.45, 2.75) is 26.0 Å². The van der Waals surface area contributed by atoms with Crippen molar-refractivity contribution in [1.29, 1.82) is 0 Å². The molecule has 0 heterocycles. The van der Waals surface area contributed by atoms with E-state index in [1.165, 1.54) is 0 Å². The summed E-state index contributed by atoms with van der Waals surface area (Å²) < 4.78 is 5.70. The number of hydrogen-bond donors (Lipinski definition) is 1. The van der Waals surface area contributed by atoms with Crippen LogP contribution in [0, 0.1) is 0 Å². The zero-order chi connectivity index (χ0) is 15.1. The molecule has 2 aromatic rings. The Morgan fingerprint density at radius 1 is 1.14 bits per heavy atom. The first-order chi connectivity index (χ1) is 10.2. The summed E-state index contributed by atoms with van der Waals surface area (Å²) in [6.07, 6.45) is 0.0957. The van der Waals surface area contributed by atoms with E-state index in [1.54, 1.807) is 24.3 Å². The third-order valence-corrected chi connectivity index (χ3v) is 3.32. The van der Waals surface area contributed by atoms with Gasteiger partial charge >= 0.3 is 0 Å². The predicted octanol–water partition coefficient (Wildman–Crippen LogP) is 3.81. The van der Waals surface area contributed by atoms with Crippen molar-refractivity contribution in [2.24, 2.45) is 0 Å². The topological polar surface area (TPSA) is 38.3 Å². The smallest absolute Gasteiger partial charge is 0.261 e. The van der Waals surface area contributed by atoms with Crippen LogP contribution < -0.4 is 10.1 Å². The number of rotatable bonds is 6. The van der Waals surface area contributed by atoms with Crippen molar-refractivity contribution in [2.75, 3.05) is 0 Å². The average Bonchev–Trinajstić information content (AvgIpc) is 2.53. The Hall–Kier alpha value is -2.00. The highest BCUT2D eigenvalue weighted by molar-refractivity contribution is 6.30. The Kier molecular flexibility index (Phi) is 5.64. The Bertz CT molecular complexity index is 569. The van der Waals surface area contributed by atoms with Crippen molar-refractivity contribution >= 4 is 17.5 Å². The summed E-state index contributed by atoms with van der Waals surface area (Å²) in [4.78, 5) is 12.2. The average molecular weight is 304 g/mol. The molecule has 1 N–H and O–H groups in total. The molecule has 0 bridgehead atoms. The third kappa shape index (κ3) is 4.80. The molecule has 1 amide bonds. The van der Waals surface area contributed by atoms with Crippen LogP contribution in [0.5, 0.6) is 5.75 Å². The first kappa shape index (κ1) is 15.4. The highest BCUT2D eigenvalue weighted by Gasteiger charge is 2.17. The van der Waals surface area contributed by atoms with Crippen LogP contribution in [-0.2, 0) is 11.3 Å². The molecule has 1 unspecified atom stereocenters. The number of hydrogen-bond acceptors (Lipinski definition) is 2. The molecule has 0 aliphatic rings. The molecule has 0 saturated carbocycles. The van der Waals surface area contributed by atoms with E-state index >= 15 is 0 Å². The zero-order valence-corrected chi connectivity index (χ0v) is 12.6. The SMILES string of the molecule is CCC(Oc1ccc(Cl)cc1)C(=O)NCc1ccccc1. The van der Waals surface area contributed by atoms with Gasteiger partial charge in [0.1, 0.15) is 5.75 Å². The minimum absolute atomic E-state index is 0.115. The van der Waals surface area contributed by atoms with Crippen LogP contribution in [0.2, 0.25) is 5.02 Å². The van der Waals surface area contributed by atoms with Crippen molar-refractivity contribution in [1.82, 2.24) is 5.32 Å². The van der Waals surface area contributed by atoms with E-state index in [1.807, 2.05) is 37.3 Å². The van der Waals surface area contributed by atoms with E-state index in [4.69, 9.17) is 16.3 Å². The molecule has 0 spiro atoms. The molecule has 0 aliphatic heterocycles. The number of benzene rings is 2. The molecule has 110 valence electrons. The van der Waals surface area contributed by atoms with Gasteiger partial charge in [0.2, 0.25) is 0 Å². The van der Waals surface area contributed by atoms with Crippen LogP contribution in [0.25, 0.3) is 0 Å². The van der Waals surface area contributed by atoms with E-state index in [2.05, 4.69) is 5.32 Å². The Balaban J connectivity index is 1.90. The number of amides is 1. The second kappa shape index (κ2) is 7.70. The summed E-state index contributed by atoms with van der Waals surface area (Å²) in [5.74, 6) is 0.525. The molecule has 21 heavy (non-hydrogen) atoms. The maximum absolute atomic E-state index is 12.2. The van der Waals surface area contributed by atoms with Crippen LogP contribution in [-0.4, -0.2) is 12.0 Å². The van der Waals surface area contributed by atoms with Gasteiger partial charge in [-0.1, -0.05) is 48.9 Å². The molecule has 3 nitrogen and oxygen atoms in total. The number of ether oxygens (including phenoxy) is 1. The van der Waals surface area contributed by atoms with Crippen LogP contribution in [0.4, 0.5) is 0 Å². The normalized spacial score (nSPS) is 11.7. The summed E-state index contributed by atoms with van der Waals surface area (Å²) in [5.41, 5.74) is 1.06. The minimum atomic E-state index is -0.505. The summed E-state index contributed by atoms with van der Waals surface area (Å²) in [7, 11) is 0. The molecule has 2 rings (SSSR count). The summed E-state index contributed by atoms with van der Waals surface area (Å²) in [6.45, 7) is 2.42. The number of carbonyl (C=O) groups is 1. The first-order valence-electron chi connectivity index (χ1n) is 6.93. The predicted molar refractivity (Wildman–Crippen MR) is 84.4 cm³/mol. The fourth-order valence-corrected chi connectivity index (χ4v) is 2.02. The van der Waals surface area contributed by atoms with Gasteiger partial charge in [-0.2, -0.15) is 0 Å². The van der Waals surface area contributed by atoms with Crippen molar-refractivity contribution in [3.05, 3.63) is 65.2 Å². The van der Waals surface area contributed by atoms with E-state index in [0.717, 1.165) is 5.56 Å². The van der Waals surface area contributed by atoms with Gasteiger partial charge in [0, 0.05) is 11.6 Å². The number of carbonyl (C=O) groups excluding carboxylic acids is 1.